The van der Waals surface area contributed by atoms with Crippen LogP contribution in [0.1, 0.15) is 20.3 Å². The van der Waals surface area contributed by atoms with E-state index in [0.29, 0.717) is 0 Å². The van der Waals surface area contributed by atoms with E-state index in [9.17, 15) is 34.7 Å². The summed E-state index contributed by atoms with van der Waals surface area (Å²) in [5.41, 5.74) is -2.14. The van der Waals surface area contributed by atoms with E-state index in [2.05, 4.69) is 15.6 Å². The van der Waals surface area contributed by atoms with E-state index < -0.39 is 46.0 Å². The first-order valence-electron chi connectivity index (χ1n) is 6.36. The van der Waals surface area contributed by atoms with E-state index in [0.717, 1.165) is 6.92 Å². The summed E-state index contributed by atoms with van der Waals surface area (Å²) < 4.78 is 0. The van der Waals surface area contributed by atoms with E-state index in [-0.39, 0.29) is 12.4 Å². The lowest BCUT2D eigenvalue weighted by atomic mass is 10.1. The molecule has 0 spiro atoms. The van der Waals surface area contributed by atoms with Gasteiger partial charge in [-0.2, -0.15) is 4.98 Å². The predicted molar refractivity (Wildman–Crippen MR) is 76.8 cm³/mol. The van der Waals surface area contributed by atoms with Crippen molar-refractivity contribution >= 4 is 29.1 Å². The first-order chi connectivity index (χ1) is 10.6. The first kappa shape index (κ1) is 18.2. The molecule has 0 fully saturated rings. The van der Waals surface area contributed by atoms with Crippen LogP contribution in [0, 0.1) is 10.1 Å². The molecule has 1 aromatic heterocycles. The Bertz CT molecular complexity index is 696. The molecule has 0 aromatic carbocycles. The number of nitro groups is 1. The lowest BCUT2D eigenvalue weighted by molar-refractivity contribution is -0.385. The van der Waals surface area contributed by atoms with Gasteiger partial charge in [0.25, 0.3) is 0 Å². The van der Waals surface area contributed by atoms with E-state index in [1.54, 1.807) is 0 Å². The number of rotatable bonds is 7. The molecular weight excluding hydrogens is 314 g/mol. The van der Waals surface area contributed by atoms with Crippen molar-refractivity contribution < 1.29 is 24.7 Å². The Kier molecular flexibility index (Phi) is 5.48. The van der Waals surface area contributed by atoms with Crippen LogP contribution in [0.4, 0.5) is 17.5 Å². The van der Waals surface area contributed by atoms with Gasteiger partial charge in [0.15, 0.2) is 0 Å². The van der Waals surface area contributed by atoms with E-state index in [1.807, 2.05) is 4.98 Å². The number of aliphatic hydroxyl groups is 2. The summed E-state index contributed by atoms with van der Waals surface area (Å²) >= 11 is 0. The molecule has 5 N–H and O–H groups in total. The number of Topliss-reactive ketones (excluding diaryl/α,β-unsaturated/α-hetero) is 1. The van der Waals surface area contributed by atoms with Crippen molar-refractivity contribution in [2.75, 3.05) is 17.2 Å². The first-order valence-corrected chi connectivity index (χ1v) is 6.36. The third-order valence-electron chi connectivity index (χ3n) is 2.73. The zero-order chi connectivity index (χ0) is 17.8. The summed E-state index contributed by atoms with van der Waals surface area (Å²) in [6.45, 7) is 1.75. The van der Waals surface area contributed by atoms with Crippen molar-refractivity contribution in [2.24, 2.45) is 0 Å². The van der Waals surface area contributed by atoms with Crippen LogP contribution >= 0.6 is 0 Å². The molecule has 0 aliphatic rings. The van der Waals surface area contributed by atoms with Gasteiger partial charge < -0.3 is 15.5 Å². The molecule has 12 nitrogen and oxygen atoms in total. The molecule has 1 heterocycles. The number of aromatic amines is 1. The van der Waals surface area contributed by atoms with Crippen molar-refractivity contribution in [1.82, 2.24) is 9.97 Å². The van der Waals surface area contributed by atoms with Gasteiger partial charge >= 0.3 is 11.2 Å². The van der Waals surface area contributed by atoms with E-state index in [1.165, 1.54) is 6.92 Å². The minimum atomic E-state index is -2.61. The van der Waals surface area contributed by atoms with Crippen LogP contribution in [0.15, 0.2) is 4.79 Å². The van der Waals surface area contributed by atoms with Crippen LogP contribution in [0.25, 0.3) is 0 Å². The molecule has 12 heteroatoms. The van der Waals surface area contributed by atoms with Crippen molar-refractivity contribution in [3.63, 3.8) is 0 Å². The second-order valence-corrected chi connectivity index (χ2v) is 4.50. The second kappa shape index (κ2) is 6.93. The highest BCUT2D eigenvalue weighted by Crippen LogP contribution is 2.18. The summed E-state index contributed by atoms with van der Waals surface area (Å²) in [7, 11) is 0. The molecule has 0 radical (unpaired) electrons. The normalized spacial score (nSPS) is 11.0. The monoisotopic (exact) mass is 329 g/mol. The largest absolute Gasteiger partial charge is 0.375 e. The number of nitrogens with one attached hydrogen (secondary N) is 3. The van der Waals surface area contributed by atoms with Gasteiger partial charge in [0.05, 0.1) is 11.5 Å². The Morgan fingerprint density at radius 3 is 2.52 bits per heavy atom. The number of hydrogen-bond donors (Lipinski definition) is 5. The topological polar surface area (TPSA) is 188 Å². The summed E-state index contributed by atoms with van der Waals surface area (Å²) in [5.74, 6) is -5.22. The van der Waals surface area contributed by atoms with Crippen molar-refractivity contribution in [3.8, 4) is 0 Å². The third kappa shape index (κ3) is 4.55. The van der Waals surface area contributed by atoms with Gasteiger partial charge in [-0.25, -0.2) is 0 Å². The fourth-order valence-corrected chi connectivity index (χ4v) is 1.49. The zero-order valence-corrected chi connectivity index (χ0v) is 12.2. The molecule has 1 rings (SSSR count). The van der Waals surface area contributed by atoms with Crippen LogP contribution in [-0.2, 0) is 9.59 Å². The van der Waals surface area contributed by atoms with E-state index in [4.69, 9.17) is 0 Å². The molecule has 0 saturated heterocycles. The molecule has 126 valence electrons. The molecule has 1 aromatic rings. The lowest BCUT2D eigenvalue weighted by Gasteiger charge is -2.18. The number of amides is 1. The van der Waals surface area contributed by atoms with Crippen LogP contribution in [0.5, 0.6) is 0 Å². The highest BCUT2D eigenvalue weighted by molar-refractivity contribution is 5.89. The summed E-state index contributed by atoms with van der Waals surface area (Å²) in [6, 6.07) is 0. The summed E-state index contributed by atoms with van der Waals surface area (Å²) in [5, 5.41) is 34.0. The number of nitrogens with zero attached hydrogens (tertiary/aromatic N) is 2. The van der Waals surface area contributed by atoms with Crippen molar-refractivity contribution in [1.29, 1.82) is 0 Å². The molecule has 0 aliphatic heterocycles. The summed E-state index contributed by atoms with van der Waals surface area (Å²) in [4.78, 5) is 49.7. The molecule has 0 atom stereocenters. The number of ketones is 1. The van der Waals surface area contributed by atoms with Crippen LogP contribution in [0.3, 0.4) is 0 Å². The fraction of sp³-hybridized carbons (Fsp3) is 0.455. The van der Waals surface area contributed by atoms with Gasteiger partial charge in [-0.15, -0.1) is 0 Å². The van der Waals surface area contributed by atoms with Gasteiger partial charge in [0.2, 0.25) is 29.2 Å². The Morgan fingerprint density at radius 1 is 1.43 bits per heavy atom. The van der Waals surface area contributed by atoms with Gasteiger partial charge in [0, 0.05) is 13.3 Å². The fourth-order valence-electron chi connectivity index (χ4n) is 1.49. The number of aromatic nitrogens is 2. The lowest BCUT2D eigenvalue weighted by Crippen LogP contribution is -2.41. The minimum absolute atomic E-state index is 0.296. The second-order valence-electron chi connectivity index (χ2n) is 4.50. The van der Waals surface area contributed by atoms with Crippen molar-refractivity contribution in [2.45, 2.75) is 26.1 Å². The molecule has 0 saturated carbocycles. The standard InChI is InChI=1S/C11H15N5O7/c1-3-11(20,21)6(18)4-12-8-7(16(22)23)9(19)15-10(14-8)13-5(2)17/h20-21H,3-4H2,1-2H3,(H3,12,13,14,15,17,19). The number of H-pyrrole nitrogens is 1. The van der Waals surface area contributed by atoms with E-state index >= 15 is 0 Å². The maximum Gasteiger partial charge on any atom is 0.375 e. The van der Waals surface area contributed by atoms with Crippen LogP contribution in [-0.4, -0.2) is 49.1 Å². The Labute approximate surface area is 128 Å². The zero-order valence-electron chi connectivity index (χ0n) is 12.2. The maximum absolute atomic E-state index is 11.7. The minimum Gasteiger partial charge on any atom is -0.360 e. The third-order valence-corrected chi connectivity index (χ3v) is 2.73. The Hall–Kier alpha value is -2.86. The number of carbonyl (C=O) groups is 2. The van der Waals surface area contributed by atoms with Gasteiger partial charge in [0.1, 0.15) is 0 Å². The van der Waals surface area contributed by atoms with Gasteiger partial charge in [-0.3, -0.25) is 34.8 Å². The predicted octanol–water partition coefficient (Wildman–Crippen LogP) is -1.29. The average molecular weight is 329 g/mol. The average Bonchev–Trinajstić information content (AvgIpc) is 2.42. The highest BCUT2D eigenvalue weighted by atomic mass is 16.6. The highest BCUT2D eigenvalue weighted by Gasteiger charge is 2.31. The van der Waals surface area contributed by atoms with Crippen molar-refractivity contribution in [3.05, 3.63) is 20.5 Å². The quantitative estimate of drug-likeness (QED) is 0.230. The molecule has 1 amide bonds. The smallest absolute Gasteiger partial charge is 0.360 e. The molecular formula is C11H15N5O7. The van der Waals surface area contributed by atoms with Gasteiger partial charge in [-0.1, -0.05) is 6.92 Å². The molecule has 0 bridgehead atoms. The summed E-state index contributed by atoms with van der Waals surface area (Å²) in [6.07, 6.45) is -0.296. The van der Waals surface area contributed by atoms with Crippen LogP contribution in [0.2, 0.25) is 0 Å². The number of carbonyl (C=O) groups excluding carboxylic acids is 2. The maximum atomic E-state index is 11.7. The molecule has 23 heavy (non-hydrogen) atoms. The Morgan fingerprint density at radius 2 is 2.04 bits per heavy atom. The molecule has 0 unspecified atom stereocenters. The SMILES string of the molecule is CCC(O)(O)C(=O)CNc1nc(NC(C)=O)[nH]c(=O)c1[N+](=O)[O-]. The number of anilines is 2. The molecule has 0 aliphatic carbocycles. The number of hydrogen-bond acceptors (Lipinski definition) is 9. The van der Waals surface area contributed by atoms with Crippen LogP contribution < -0.4 is 16.2 Å². The Balaban J connectivity index is 3.14. The van der Waals surface area contributed by atoms with Gasteiger partial charge in [-0.05, 0) is 0 Å².